The van der Waals surface area contributed by atoms with E-state index in [9.17, 15) is 34.8 Å². The highest BCUT2D eigenvalue weighted by Crippen LogP contribution is 2.53. The van der Waals surface area contributed by atoms with E-state index >= 15 is 0 Å². The largest absolute Gasteiger partial charge is 0.510 e. The Morgan fingerprint density at radius 3 is 2.36 bits per heavy atom. The molecule has 0 heterocycles. The Kier molecular flexibility index (Phi) is 6.14. The zero-order valence-corrected chi connectivity index (χ0v) is 20.8. The highest BCUT2D eigenvalue weighted by molar-refractivity contribution is 6.24. The molecule has 0 spiro atoms. The van der Waals surface area contributed by atoms with E-state index in [1.807, 2.05) is 0 Å². The molecule has 4 rings (SSSR count). The minimum Gasteiger partial charge on any atom is -0.510 e. The molecule has 0 radical (unpaired) electrons. The number of anilines is 1. The van der Waals surface area contributed by atoms with Crippen LogP contribution in [0, 0.1) is 11.8 Å². The number of hydrogen-bond donors (Lipinski definition) is 5. The first-order chi connectivity index (χ1) is 16.8. The number of aliphatic hydroxyl groups excluding tert-OH is 2. The van der Waals surface area contributed by atoms with E-state index in [1.165, 1.54) is 12.0 Å². The van der Waals surface area contributed by atoms with Crippen molar-refractivity contribution in [3.05, 3.63) is 45.4 Å². The molecule has 0 aliphatic heterocycles. The number of nitrogens with zero attached hydrogens (tertiary/aromatic N) is 2. The number of carbonyl (C=O) groups excluding carboxylic acids is 3. The Bertz CT molecular complexity index is 1250. The summed E-state index contributed by atoms with van der Waals surface area (Å²) in [6, 6.07) is 0.709. The molecular formula is C25H31N3O8. The molecule has 1 amide bonds. The van der Waals surface area contributed by atoms with Crippen LogP contribution in [0.5, 0.6) is 5.75 Å². The lowest BCUT2D eigenvalue weighted by Crippen LogP contribution is -2.63. The smallest absolute Gasteiger partial charge is 0.255 e. The van der Waals surface area contributed by atoms with Crippen LogP contribution < -0.4 is 10.6 Å². The van der Waals surface area contributed by atoms with Crippen LogP contribution in [-0.4, -0.2) is 89.7 Å². The predicted molar refractivity (Wildman–Crippen MR) is 129 cm³/mol. The lowest BCUT2D eigenvalue weighted by Gasteiger charge is -2.50. The molecule has 0 bridgehead atoms. The summed E-state index contributed by atoms with van der Waals surface area (Å²) in [5, 5.41) is 44.8. The maximum Gasteiger partial charge on any atom is 0.255 e. The second-order valence-corrected chi connectivity index (χ2v) is 10.0. The van der Waals surface area contributed by atoms with Crippen molar-refractivity contribution in [2.45, 2.75) is 31.1 Å². The number of allylic oxidation sites excluding steroid dienone is 1. The van der Waals surface area contributed by atoms with Crippen molar-refractivity contribution in [2.75, 3.05) is 40.2 Å². The minimum absolute atomic E-state index is 0.0305. The number of nitrogens with two attached hydrogens (primary N) is 1. The van der Waals surface area contributed by atoms with Gasteiger partial charge in [0.05, 0.1) is 18.2 Å². The molecule has 0 saturated heterocycles. The van der Waals surface area contributed by atoms with Gasteiger partial charge in [0.15, 0.2) is 11.4 Å². The summed E-state index contributed by atoms with van der Waals surface area (Å²) in [4.78, 5) is 42.5. The van der Waals surface area contributed by atoms with E-state index in [0.717, 1.165) is 0 Å². The van der Waals surface area contributed by atoms with Gasteiger partial charge in [0.25, 0.3) is 5.91 Å². The summed E-state index contributed by atoms with van der Waals surface area (Å²) < 4.78 is 5.16. The highest BCUT2D eigenvalue weighted by Gasteiger charge is 2.63. The Hall–Kier alpha value is -3.41. The van der Waals surface area contributed by atoms with Gasteiger partial charge in [-0.2, -0.15) is 0 Å². The Labute approximate surface area is 208 Å². The molecule has 6 N–H and O–H groups in total. The number of aromatic hydroxyl groups is 1. The average Bonchev–Trinajstić information content (AvgIpc) is 2.77. The number of amides is 1. The number of rotatable bonds is 5. The van der Waals surface area contributed by atoms with Crippen molar-refractivity contribution in [2.24, 2.45) is 17.6 Å². The molecule has 36 heavy (non-hydrogen) atoms. The molecule has 0 aromatic heterocycles. The number of carbonyl (C=O) groups is 3. The number of ketones is 2. The van der Waals surface area contributed by atoms with Gasteiger partial charge in [-0.3, -0.25) is 19.3 Å². The van der Waals surface area contributed by atoms with E-state index in [4.69, 9.17) is 10.5 Å². The van der Waals surface area contributed by atoms with Gasteiger partial charge < -0.3 is 35.8 Å². The van der Waals surface area contributed by atoms with E-state index in [-0.39, 0.29) is 36.3 Å². The minimum atomic E-state index is -2.66. The lowest BCUT2D eigenvalue weighted by atomic mass is 9.58. The molecule has 11 heteroatoms. The molecule has 11 nitrogen and oxygen atoms in total. The maximum atomic E-state index is 13.8. The number of benzene rings is 1. The molecule has 2 unspecified atom stereocenters. The first kappa shape index (κ1) is 25.7. The van der Waals surface area contributed by atoms with Crippen molar-refractivity contribution in [1.82, 2.24) is 4.90 Å². The maximum absolute atomic E-state index is 13.8. The van der Waals surface area contributed by atoms with Crippen LogP contribution in [0.25, 0.3) is 0 Å². The van der Waals surface area contributed by atoms with Crippen molar-refractivity contribution < 1.29 is 39.5 Å². The number of ether oxygens (including phenoxy) is 1. The number of fused-ring (bicyclic) bond motifs is 3. The molecule has 0 saturated carbocycles. The van der Waals surface area contributed by atoms with Gasteiger partial charge in [0.1, 0.15) is 22.8 Å². The van der Waals surface area contributed by atoms with Crippen LogP contribution in [0.2, 0.25) is 0 Å². The summed E-state index contributed by atoms with van der Waals surface area (Å²) in [6.45, 7) is 0.0305. The Morgan fingerprint density at radius 2 is 1.83 bits per heavy atom. The standard InChI is InChI=1S/C25H31N3O8/c1-27(2)14-8-11(9-36-5)19(29)16-12(14)6-10-7-13-18(28(3)4)21(31)17(24(26)34)23(33)25(13,35)22(32)15(10)20(16)30/h8,10,13,18,29,31-32,35H,6-7,9H2,1-5H3,(H2,26,34)/t10?,13?,18-,25-/m0/s1. The lowest BCUT2D eigenvalue weighted by molar-refractivity contribution is -0.148. The third-order valence-corrected chi connectivity index (χ3v) is 7.56. The summed E-state index contributed by atoms with van der Waals surface area (Å²) in [7, 11) is 8.23. The zero-order chi connectivity index (χ0) is 26.9. The summed E-state index contributed by atoms with van der Waals surface area (Å²) >= 11 is 0. The summed E-state index contributed by atoms with van der Waals surface area (Å²) in [5.41, 5.74) is 3.25. The first-order valence-corrected chi connectivity index (χ1v) is 11.5. The molecule has 4 atom stereocenters. The number of methoxy groups -OCH3 is 1. The third kappa shape index (κ3) is 3.34. The Balaban J connectivity index is 1.99. The fourth-order valence-electron chi connectivity index (χ4n) is 6.02. The third-order valence-electron chi connectivity index (χ3n) is 7.56. The quantitative estimate of drug-likeness (QED) is 0.354. The SMILES string of the molecule is COCc1cc(N(C)C)c2c(c1O)C(=O)C1=C(O)[C@]3(O)C(=O)C(C(N)=O)=C(O)[C@@H](N(C)C)C3CC1C2. The number of likely N-dealkylation sites (N-methyl/N-ethyl adjacent to an activating group) is 1. The van der Waals surface area contributed by atoms with Crippen molar-refractivity contribution in [1.29, 1.82) is 0 Å². The van der Waals surface area contributed by atoms with Crippen LogP contribution >= 0.6 is 0 Å². The summed E-state index contributed by atoms with van der Waals surface area (Å²) in [6.07, 6.45) is 0.266. The van der Waals surface area contributed by atoms with Gasteiger partial charge >= 0.3 is 0 Å². The fraction of sp³-hybridized carbons (Fsp3) is 0.480. The van der Waals surface area contributed by atoms with Gasteiger partial charge in [-0.25, -0.2) is 0 Å². The van der Waals surface area contributed by atoms with Crippen LogP contribution in [0.1, 0.15) is 27.9 Å². The highest BCUT2D eigenvalue weighted by atomic mass is 16.5. The fourth-order valence-corrected chi connectivity index (χ4v) is 6.02. The molecular weight excluding hydrogens is 470 g/mol. The van der Waals surface area contributed by atoms with Crippen molar-refractivity contribution >= 4 is 23.2 Å². The molecule has 1 aromatic rings. The number of phenolic OH excluding ortho intramolecular Hbond substituents is 1. The predicted octanol–water partition coefficient (Wildman–Crippen LogP) is 0.333. The zero-order valence-electron chi connectivity index (χ0n) is 20.8. The number of phenols is 1. The average molecular weight is 502 g/mol. The number of primary amides is 1. The Morgan fingerprint density at radius 1 is 1.19 bits per heavy atom. The second-order valence-electron chi connectivity index (χ2n) is 10.0. The number of aliphatic hydroxyl groups is 3. The van der Waals surface area contributed by atoms with Crippen LogP contribution in [0.15, 0.2) is 28.7 Å². The molecule has 3 aliphatic carbocycles. The van der Waals surface area contributed by atoms with Gasteiger partial charge in [0, 0.05) is 43.9 Å². The van der Waals surface area contributed by atoms with Crippen LogP contribution in [0.4, 0.5) is 5.69 Å². The number of Topliss-reactive ketones (excluding diaryl/α,β-unsaturated/α-hetero) is 2. The normalized spacial score (nSPS) is 27.7. The van der Waals surface area contributed by atoms with E-state index in [0.29, 0.717) is 16.8 Å². The summed E-state index contributed by atoms with van der Waals surface area (Å²) in [5.74, 6) is -6.70. The van der Waals surface area contributed by atoms with Gasteiger partial charge in [-0.15, -0.1) is 0 Å². The number of hydrogen-bond acceptors (Lipinski definition) is 10. The monoisotopic (exact) mass is 501 g/mol. The topological polar surface area (TPSA) is 174 Å². The molecule has 0 fully saturated rings. The van der Waals surface area contributed by atoms with Crippen LogP contribution in [-0.2, 0) is 27.4 Å². The molecule has 194 valence electrons. The van der Waals surface area contributed by atoms with E-state index < -0.39 is 58.0 Å². The van der Waals surface area contributed by atoms with Gasteiger partial charge in [-0.1, -0.05) is 0 Å². The molecule has 3 aliphatic rings. The second kappa shape index (κ2) is 8.61. The van der Waals surface area contributed by atoms with Crippen molar-refractivity contribution in [3.8, 4) is 5.75 Å². The van der Waals surface area contributed by atoms with Crippen LogP contribution in [0.3, 0.4) is 0 Å². The molecule has 1 aromatic carbocycles. The van der Waals surface area contributed by atoms with Gasteiger partial charge in [0.2, 0.25) is 5.78 Å². The first-order valence-electron chi connectivity index (χ1n) is 11.5. The van der Waals surface area contributed by atoms with E-state index in [2.05, 4.69) is 0 Å². The van der Waals surface area contributed by atoms with Crippen molar-refractivity contribution in [3.63, 3.8) is 0 Å². The van der Waals surface area contributed by atoms with E-state index in [1.54, 1.807) is 39.2 Å². The van der Waals surface area contributed by atoms with Gasteiger partial charge in [-0.05, 0) is 44.5 Å².